The smallest absolute Gasteiger partial charge is 0.234 e. The van der Waals surface area contributed by atoms with Crippen LogP contribution in [-0.4, -0.2) is 26.4 Å². The van der Waals surface area contributed by atoms with Gasteiger partial charge in [-0.05, 0) is 62.1 Å². The van der Waals surface area contributed by atoms with E-state index in [-0.39, 0.29) is 11.7 Å². The van der Waals surface area contributed by atoms with Gasteiger partial charge in [0.15, 0.2) is 5.16 Å². The van der Waals surface area contributed by atoms with Crippen molar-refractivity contribution in [3.05, 3.63) is 59.3 Å². The first kappa shape index (κ1) is 17.9. The van der Waals surface area contributed by atoms with Gasteiger partial charge in [0.2, 0.25) is 5.91 Å². The van der Waals surface area contributed by atoms with Gasteiger partial charge in [0, 0.05) is 11.6 Å². The van der Waals surface area contributed by atoms with Crippen LogP contribution in [-0.2, 0) is 11.3 Å². The van der Waals surface area contributed by atoms with Crippen molar-refractivity contribution in [1.82, 2.24) is 14.8 Å². The highest BCUT2D eigenvalue weighted by atomic mass is 32.2. The van der Waals surface area contributed by atoms with Crippen LogP contribution in [0.4, 0.5) is 5.69 Å². The Morgan fingerprint density at radius 1 is 1.26 bits per heavy atom. The fourth-order valence-corrected chi connectivity index (χ4v) is 3.65. The zero-order valence-electron chi connectivity index (χ0n) is 15.4. The van der Waals surface area contributed by atoms with Crippen molar-refractivity contribution in [2.24, 2.45) is 0 Å². The summed E-state index contributed by atoms with van der Waals surface area (Å²) >= 11 is 1.41. The highest BCUT2D eigenvalue weighted by Crippen LogP contribution is 2.40. The molecule has 140 valence electrons. The van der Waals surface area contributed by atoms with Gasteiger partial charge in [0.1, 0.15) is 11.6 Å². The number of carbonyl (C=O) groups is 1. The van der Waals surface area contributed by atoms with Crippen LogP contribution in [0.3, 0.4) is 0 Å². The molecule has 0 aliphatic heterocycles. The number of carbonyl (C=O) groups excluding carboxylic acids is 1. The lowest BCUT2D eigenvalue weighted by atomic mass is 10.1. The second-order valence-electron chi connectivity index (χ2n) is 6.92. The molecule has 6 nitrogen and oxygen atoms in total. The van der Waals surface area contributed by atoms with Crippen LogP contribution in [0.1, 0.15) is 41.5 Å². The molecule has 0 saturated heterocycles. The highest BCUT2D eigenvalue weighted by molar-refractivity contribution is 7.99. The van der Waals surface area contributed by atoms with E-state index in [4.69, 9.17) is 4.42 Å². The van der Waals surface area contributed by atoms with Gasteiger partial charge in [-0.3, -0.25) is 9.36 Å². The minimum atomic E-state index is -0.0521. The Morgan fingerprint density at radius 2 is 2.11 bits per heavy atom. The summed E-state index contributed by atoms with van der Waals surface area (Å²) in [5, 5.41) is 12.4. The second-order valence-corrected chi connectivity index (χ2v) is 7.86. The minimum absolute atomic E-state index is 0.0521. The number of furan rings is 1. The van der Waals surface area contributed by atoms with Gasteiger partial charge in [0.05, 0.1) is 18.6 Å². The number of hydrogen-bond donors (Lipinski definition) is 1. The second kappa shape index (κ2) is 7.60. The van der Waals surface area contributed by atoms with Crippen LogP contribution < -0.4 is 5.32 Å². The topological polar surface area (TPSA) is 73.0 Å². The maximum atomic E-state index is 12.4. The number of rotatable bonds is 7. The molecule has 27 heavy (non-hydrogen) atoms. The summed E-state index contributed by atoms with van der Waals surface area (Å²) in [6.45, 7) is 4.68. The average molecular weight is 382 g/mol. The predicted octanol–water partition coefficient (Wildman–Crippen LogP) is 4.14. The van der Waals surface area contributed by atoms with E-state index >= 15 is 0 Å². The summed E-state index contributed by atoms with van der Waals surface area (Å²) in [5.74, 6) is 2.56. The first-order chi connectivity index (χ1) is 13.1. The minimum Gasteiger partial charge on any atom is -0.467 e. The number of benzene rings is 1. The third-order valence-corrected chi connectivity index (χ3v) is 5.67. The molecule has 1 aliphatic rings. The van der Waals surface area contributed by atoms with E-state index in [1.807, 2.05) is 37.3 Å². The summed E-state index contributed by atoms with van der Waals surface area (Å²) in [6, 6.07) is 9.75. The van der Waals surface area contributed by atoms with Crippen molar-refractivity contribution in [3.8, 4) is 0 Å². The van der Waals surface area contributed by atoms with E-state index < -0.39 is 0 Å². The third kappa shape index (κ3) is 4.24. The number of thioether (sulfide) groups is 1. The Bertz CT molecular complexity index is 945. The van der Waals surface area contributed by atoms with Gasteiger partial charge in [-0.15, -0.1) is 10.2 Å². The number of nitrogens with zero attached hydrogens (tertiary/aromatic N) is 3. The van der Waals surface area contributed by atoms with Crippen molar-refractivity contribution >= 4 is 23.4 Å². The third-order valence-electron chi connectivity index (χ3n) is 4.71. The van der Waals surface area contributed by atoms with Gasteiger partial charge in [-0.2, -0.15) is 0 Å². The molecule has 0 atom stereocenters. The number of hydrogen-bond acceptors (Lipinski definition) is 5. The molecule has 7 heteroatoms. The van der Waals surface area contributed by atoms with E-state index in [0.29, 0.717) is 12.5 Å². The Labute approximate surface area is 162 Å². The van der Waals surface area contributed by atoms with Gasteiger partial charge in [-0.25, -0.2) is 0 Å². The molecule has 0 radical (unpaired) electrons. The van der Waals surface area contributed by atoms with Gasteiger partial charge in [0.25, 0.3) is 0 Å². The van der Waals surface area contributed by atoms with Crippen molar-refractivity contribution in [2.75, 3.05) is 11.1 Å². The van der Waals surface area contributed by atoms with E-state index in [2.05, 4.69) is 27.0 Å². The largest absolute Gasteiger partial charge is 0.467 e. The van der Waals surface area contributed by atoms with Gasteiger partial charge in [-0.1, -0.05) is 17.8 Å². The fourth-order valence-electron chi connectivity index (χ4n) is 2.90. The Hall–Kier alpha value is -2.54. The molecule has 2 heterocycles. The first-order valence-corrected chi connectivity index (χ1v) is 10.0. The lowest BCUT2D eigenvalue weighted by molar-refractivity contribution is -0.113. The molecule has 1 fully saturated rings. The molecular weight excluding hydrogens is 360 g/mol. The molecule has 1 saturated carbocycles. The highest BCUT2D eigenvalue weighted by Gasteiger charge is 2.30. The number of anilines is 1. The van der Waals surface area contributed by atoms with Crippen LogP contribution in [0.15, 0.2) is 46.2 Å². The Balaban J connectivity index is 1.43. The normalized spacial score (nSPS) is 13.7. The predicted molar refractivity (Wildman–Crippen MR) is 105 cm³/mol. The summed E-state index contributed by atoms with van der Waals surface area (Å²) < 4.78 is 7.55. The van der Waals surface area contributed by atoms with Crippen LogP contribution in [0.5, 0.6) is 0 Å². The summed E-state index contributed by atoms with van der Waals surface area (Å²) in [7, 11) is 0. The average Bonchev–Trinajstić information content (AvgIpc) is 3.21. The maximum absolute atomic E-state index is 12.4. The monoisotopic (exact) mass is 382 g/mol. The molecule has 1 aromatic carbocycles. The van der Waals surface area contributed by atoms with E-state index in [1.54, 1.807) is 6.26 Å². The summed E-state index contributed by atoms with van der Waals surface area (Å²) in [6.07, 6.45) is 3.96. The number of nitrogens with one attached hydrogen (secondary N) is 1. The number of aryl methyl sites for hydroxylation is 2. The molecule has 2 aromatic heterocycles. The van der Waals surface area contributed by atoms with E-state index in [0.717, 1.165) is 40.8 Å². The van der Waals surface area contributed by atoms with E-state index in [1.165, 1.54) is 17.3 Å². The molecule has 4 rings (SSSR count). The Kier molecular flexibility index (Phi) is 5.03. The van der Waals surface area contributed by atoms with Crippen LogP contribution in [0, 0.1) is 13.8 Å². The van der Waals surface area contributed by atoms with Gasteiger partial charge < -0.3 is 9.73 Å². The van der Waals surface area contributed by atoms with Crippen LogP contribution >= 0.6 is 11.8 Å². The Morgan fingerprint density at radius 3 is 2.81 bits per heavy atom. The zero-order valence-corrected chi connectivity index (χ0v) is 16.3. The van der Waals surface area contributed by atoms with Crippen molar-refractivity contribution < 1.29 is 9.21 Å². The molecule has 1 N–H and O–H groups in total. The van der Waals surface area contributed by atoms with Crippen LogP contribution in [0.25, 0.3) is 0 Å². The maximum Gasteiger partial charge on any atom is 0.234 e. The van der Waals surface area contributed by atoms with Crippen LogP contribution in [0.2, 0.25) is 0 Å². The van der Waals surface area contributed by atoms with E-state index in [9.17, 15) is 4.79 Å². The molecule has 0 spiro atoms. The number of amides is 1. The standard InChI is InChI=1S/C20H22N4O2S/c1-13-5-8-16(10-14(13)2)21-18(25)12-27-20-23-22-19(15-6-7-15)24(20)11-17-4-3-9-26-17/h3-5,8-10,15H,6-7,11-12H2,1-2H3,(H,21,25). The molecule has 3 aromatic rings. The quantitative estimate of drug-likeness (QED) is 0.622. The molecule has 1 amide bonds. The summed E-state index contributed by atoms with van der Waals surface area (Å²) in [4.78, 5) is 12.4. The summed E-state index contributed by atoms with van der Waals surface area (Å²) in [5.41, 5.74) is 3.19. The van der Waals surface area contributed by atoms with Gasteiger partial charge >= 0.3 is 0 Å². The zero-order chi connectivity index (χ0) is 18.8. The molecule has 0 bridgehead atoms. The lowest BCUT2D eigenvalue weighted by Crippen LogP contribution is -2.15. The van der Waals surface area contributed by atoms with Crippen molar-refractivity contribution in [2.45, 2.75) is 44.3 Å². The molecule has 1 aliphatic carbocycles. The van der Waals surface area contributed by atoms with Crippen molar-refractivity contribution in [1.29, 1.82) is 0 Å². The SMILES string of the molecule is Cc1ccc(NC(=O)CSc2nnc(C3CC3)n2Cc2ccco2)cc1C. The fraction of sp³-hybridized carbons (Fsp3) is 0.350. The molecule has 0 unspecified atom stereocenters. The first-order valence-electron chi connectivity index (χ1n) is 9.05. The van der Waals surface area contributed by atoms with Crippen molar-refractivity contribution in [3.63, 3.8) is 0 Å². The molecular formula is C20H22N4O2S. The number of aromatic nitrogens is 3. The lowest BCUT2D eigenvalue weighted by Gasteiger charge is -2.09.